The van der Waals surface area contributed by atoms with Crippen molar-refractivity contribution in [3.8, 4) is 0 Å². The van der Waals surface area contributed by atoms with Crippen LogP contribution in [0, 0.1) is 5.92 Å². The van der Waals surface area contributed by atoms with E-state index < -0.39 is 0 Å². The molecule has 0 bridgehead atoms. The summed E-state index contributed by atoms with van der Waals surface area (Å²) in [6.45, 7) is 1.83. The van der Waals surface area contributed by atoms with E-state index in [9.17, 15) is 4.79 Å². The fraction of sp³-hybridized carbons (Fsp3) is 0.765. The summed E-state index contributed by atoms with van der Waals surface area (Å²) >= 11 is 0. The second-order valence-electron chi connectivity index (χ2n) is 7.25. The molecule has 0 spiro atoms. The van der Waals surface area contributed by atoms with E-state index in [2.05, 4.69) is 15.3 Å². The normalized spacial score (nSPS) is 28.7. The summed E-state index contributed by atoms with van der Waals surface area (Å²) in [5, 5.41) is 7.48. The number of hydrogen-bond donors (Lipinski definition) is 1. The molecular weight excluding hydrogens is 292 g/mol. The van der Waals surface area contributed by atoms with Crippen LogP contribution in [-0.2, 0) is 9.53 Å². The van der Waals surface area contributed by atoms with Gasteiger partial charge in [-0.15, -0.1) is 0 Å². The predicted octanol–water partition coefficient (Wildman–Crippen LogP) is 2.05. The molecule has 6 heteroatoms. The first kappa shape index (κ1) is 15.1. The van der Waals surface area contributed by atoms with Crippen LogP contribution >= 0.6 is 0 Å². The Morgan fingerprint density at radius 2 is 2.17 bits per heavy atom. The van der Waals surface area contributed by atoms with Crippen molar-refractivity contribution in [2.75, 3.05) is 25.6 Å². The number of amides is 1. The quantitative estimate of drug-likeness (QED) is 0.872. The molecule has 2 saturated carbocycles. The van der Waals surface area contributed by atoms with Crippen LogP contribution < -0.4 is 5.32 Å². The molecule has 3 aliphatic rings. The molecule has 2 heterocycles. The first-order valence-corrected chi connectivity index (χ1v) is 8.84. The smallest absolute Gasteiger partial charge is 0.227 e. The predicted molar refractivity (Wildman–Crippen MR) is 87.2 cm³/mol. The van der Waals surface area contributed by atoms with Crippen LogP contribution in [0.2, 0.25) is 0 Å². The monoisotopic (exact) mass is 318 g/mol. The standard InChI is InChI=1S/C17H26N4O2/c1-23-11-16-7-15(10-20(16)14-3-2-4-14)21-9-13(8-18-21)19-17(22)12-5-6-12/h8-9,12,14-16H,2-7,10-11H2,1H3,(H,19,22)/t15-,16-/m0/s1. The van der Waals surface area contributed by atoms with Gasteiger partial charge in [0.05, 0.1) is 24.5 Å². The largest absolute Gasteiger partial charge is 0.383 e. The van der Waals surface area contributed by atoms with Crippen LogP contribution in [0.15, 0.2) is 12.4 Å². The Hall–Kier alpha value is -1.40. The van der Waals surface area contributed by atoms with Gasteiger partial charge < -0.3 is 10.1 Å². The summed E-state index contributed by atoms with van der Waals surface area (Å²) in [5.41, 5.74) is 0.826. The van der Waals surface area contributed by atoms with Crippen LogP contribution in [-0.4, -0.2) is 52.9 Å². The number of nitrogens with one attached hydrogen (secondary N) is 1. The van der Waals surface area contributed by atoms with Crippen molar-refractivity contribution >= 4 is 11.6 Å². The molecule has 1 aliphatic heterocycles. The van der Waals surface area contributed by atoms with Crippen LogP contribution in [0.25, 0.3) is 0 Å². The van der Waals surface area contributed by atoms with Crippen molar-refractivity contribution in [2.24, 2.45) is 5.92 Å². The minimum atomic E-state index is 0.143. The average molecular weight is 318 g/mol. The lowest BCUT2D eigenvalue weighted by Crippen LogP contribution is -2.45. The number of methoxy groups -OCH3 is 1. The summed E-state index contributed by atoms with van der Waals surface area (Å²) in [6.07, 6.45) is 10.9. The summed E-state index contributed by atoms with van der Waals surface area (Å²) in [4.78, 5) is 14.5. The van der Waals surface area contributed by atoms with Gasteiger partial charge in [0.2, 0.25) is 5.91 Å². The maximum atomic E-state index is 11.9. The van der Waals surface area contributed by atoms with Gasteiger partial charge in [0.15, 0.2) is 0 Å². The Morgan fingerprint density at radius 3 is 2.83 bits per heavy atom. The highest BCUT2D eigenvalue weighted by Crippen LogP contribution is 2.36. The molecule has 23 heavy (non-hydrogen) atoms. The van der Waals surface area contributed by atoms with Crippen molar-refractivity contribution in [3.63, 3.8) is 0 Å². The third-order valence-corrected chi connectivity index (χ3v) is 5.53. The van der Waals surface area contributed by atoms with Crippen LogP contribution in [0.5, 0.6) is 0 Å². The van der Waals surface area contributed by atoms with Crippen molar-refractivity contribution in [2.45, 2.75) is 56.7 Å². The second kappa shape index (κ2) is 6.24. The van der Waals surface area contributed by atoms with Crippen LogP contribution in [0.4, 0.5) is 5.69 Å². The number of carbonyl (C=O) groups is 1. The summed E-state index contributed by atoms with van der Waals surface area (Å²) in [6, 6.07) is 1.59. The molecule has 1 N–H and O–H groups in total. The van der Waals surface area contributed by atoms with Gasteiger partial charge in [-0.3, -0.25) is 14.4 Å². The molecule has 4 rings (SSSR count). The van der Waals surface area contributed by atoms with E-state index in [1.54, 1.807) is 13.3 Å². The zero-order chi connectivity index (χ0) is 15.8. The number of nitrogens with zero attached hydrogens (tertiary/aromatic N) is 3. The van der Waals surface area contributed by atoms with E-state index in [1.807, 2.05) is 10.9 Å². The van der Waals surface area contributed by atoms with Gasteiger partial charge in [-0.25, -0.2) is 0 Å². The number of likely N-dealkylation sites (tertiary alicyclic amines) is 1. The van der Waals surface area contributed by atoms with Gasteiger partial charge in [-0.2, -0.15) is 5.10 Å². The molecule has 2 atom stereocenters. The molecule has 3 fully saturated rings. The van der Waals surface area contributed by atoms with E-state index in [0.717, 1.165) is 44.1 Å². The second-order valence-corrected chi connectivity index (χ2v) is 7.25. The van der Waals surface area contributed by atoms with Crippen molar-refractivity contribution in [1.82, 2.24) is 14.7 Å². The van der Waals surface area contributed by atoms with E-state index in [-0.39, 0.29) is 11.8 Å². The third-order valence-electron chi connectivity index (χ3n) is 5.53. The van der Waals surface area contributed by atoms with Crippen molar-refractivity contribution in [3.05, 3.63) is 12.4 Å². The highest BCUT2D eigenvalue weighted by molar-refractivity contribution is 5.93. The SMILES string of the molecule is COC[C@@H]1C[C@H](n2cc(NC(=O)C3CC3)cn2)CN1C1CCC1. The Morgan fingerprint density at radius 1 is 1.35 bits per heavy atom. The summed E-state index contributed by atoms with van der Waals surface area (Å²) in [5.74, 6) is 0.370. The lowest BCUT2D eigenvalue weighted by atomic mass is 9.91. The van der Waals surface area contributed by atoms with Crippen LogP contribution in [0.3, 0.4) is 0 Å². The van der Waals surface area contributed by atoms with Crippen LogP contribution in [0.1, 0.15) is 44.6 Å². The number of carbonyl (C=O) groups excluding carboxylic acids is 1. The molecule has 1 amide bonds. The lowest BCUT2D eigenvalue weighted by molar-refractivity contribution is -0.117. The lowest BCUT2D eigenvalue weighted by Gasteiger charge is -2.38. The molecular formula is C17H26N4O2. The maximum absolute atomic E-state index is 11.9. The Bertz CT molecular complexity index is 565. The van der Waals surface area contributed by atoms with E-state index in [0.29, 0.717) is 12.1 Å². The third kappa shape index (κ3) is 3.15. The molecule has 6 nitrogen and oxygen atoms in total. The molecule has 0 unspecified atom stereocenters. The molecule has 2 aliphatic carbocycles. The van der Waals surface area contributed by atoms with Gasteiger partial charge in [0.1, 0.15) is 0 Å². The van der Waals surface area contributed by atoms with E-state index in [4.69, 9.17) is 4.74 Å². The highest BCUT2D eigenvalue weighted by atomic mass is 16.5. The average Bonchev–Trinajstić information content (AvgIpc) is 3.12. The minimum absolute atomic E-state index is 0.143. The molecule has 0 aromatic carbocycles. The van der Waals surface area contributed by atoms with E-state index >= 15 is 0 Å². The number of hydrogen-bond acceptors (Lipinski definition) is 4. The van der Waals surface area contributed by atoms with Gasteiger partial charge in [-0.05, 0) is 32.1 Å². The zero-order valence-electron chi connectivity index (χ0n) is 13.8. The number of aromatic nitrogens is 2. The van der Waals surface area contributed by atoms with Gasteiger partial charge in [-0.1, -0.05) is 6.42 Å². The Balaban J connectivity index is 1.41. The van der Waals surface area contributed by atoms with Crippen molar-refractivity contribution < 1.29 is 9.53 Å². The number of ether oxygens (including phenoxy) is 1. The fourth-order valence-corrected chi connectivity index (χ4v) is 3.82. The molecule has 0 radical (unpaired) electrons. The topological polar surface area (TPSA) is 59.4 Å². The summed E-state index contributed by atoms with van der Waals surface area (Å²) < 4.78 is 7.45. The highest BCUT2D eigenvalue weighted by Gasteiger charge is 2.39. The zero-order valence-corrected chi connectivity index (χ0v) is 13.8. The Kier molecular flexibility index (Phi) is 4.11. The van der Waals surface area contributed by atoms with Gasteiger partial charge in [0, 0.05) is 37.9 Å². The van der Waals surface area contributed by atoms with Gasteiger partial charge >= 0.3 is 0 Å². The molecule has 1 saturated heterocycles. The number of anilines is 1. The molecule has 1 aromatic rings. The van der Waals surface area contributed by atoms with Gasteiger partial charge in [0.25, 0.3) is 0 Å². The first-order chi connectivity index (χ1) is 11.2. The first-order valence-electron chi connectivity index (χ1n) is 8.84. The fourth-order valence-electron chi connectivity index (χ4n) is 3.82. The van der Waals surface area contributed by atoms with E-state index in [1.165, 1.54) is 19.3 Å². The minimum Gasteiger partial charge on any atom is -0.383 e. The van der Waals surface area contributed by atoms with Crippen molar-refractivity contribution in [1.29, 1.82) is 0 Å². The number of rotatable bonds is 6. The summed E-state index contributed by atoms with van der Waals surface area (Å²) in [7, 11) is 1.78. The molecule has 126 valence electrons. The maximum Gasteiger partial charge on any atom is 0.227 e. The Labute approximate surface area is 137 Å². The molecule has 1 aromatic heterocycles.